The molecule has 1 saturated carbocycles. The summed E-state index contributed by atoms with van der Waals surface area (Å²) >= 11 is 6.06. The molecular weight excluding hydrogens is 262 g/mol. The van der Waals surface area contributed by atoms with Crippen molar-refractivity contribution in [3.8, 4) is 5.75 Å². The molecule has 0 radical (unpaired) electrons. The lowest BCUT2D eigenvalue weighted by Crippen LogP contribution is -2.43. The zero-order valence-electron chi connectivity index (χ0n) is 11.5. The molecular formula is C15H22ClNO2. The summed E-state index contributed by atoms with van der Waals surface area (Å²) in [7, 11) is 1.66. The van der Waals surface area contributed by atoms with Gasteiger partial charge in [0.25, 0.3) is 0 Å². The van der Waals surface area contributed by atoms with E-state index in [-0.39, 0.29) is 18.2 Å². The Morgan fingerprint density at radius 2 is 2.11 bits per heavy atom. The topological polar surface area (TPSA) is 41.5 Å². The highest BCUT2D eigenvalue weighted by Crippen LogP contribution is 2.29. The van der Waals surface area contributed by atoms with E-state index < -0.39 is 0 Å². The van der Waals surface area contributed by atoms with E-state index in [0.717, 1.165) is 30.6 Å². The van der Waals surface area contributed by atoms with Gasteiger partial charge in [0.2, 0.25) is 0 Å². The molecule has 0 bridgehead atoms. The highest BCUT2D eigenvalue weighted by molar-refractivity contribution is 6.30. The number of hydrogen-bond acceptors (Lipinski definition) is 3. The third kappa shape index (κ3) is 3.62. The first-order chi connectivity index (χ1) is 9.11. The lowest BCUT2D eigenvalue weighted by molar-refractivity contribution is 0.0858. The molecule has 0 aromatic heterocycles. The maximum atomic E-state index is 10.0. The van der Waals surface area contributed by atoms with Crippen LogP contribution >= 0.6 is 11.6 Å². The number of methoxy groups -OCH3 is 1. The predicted octanol–water partition coefficient (Wildman–Crippen LogP) is 3.30. The van der Waals surface area contributed by atoms with Crippen molar-refractivity contribution in [2.75, 3.05) is 7.11 Å². The summed E-state index contributed by atoms with van der Waals surface area (Å²) in [5.74, 6) is 0.828. The van der Waals surface area contributed by atoms with Crippen LogP contribution < -0.4 is 10.1 Å². The lowest BCUT2D eigenvalue weighted by atomic mass is 9.91. The molecule has 2 N–H and O–H groups in total. The second-order valence-corrected chi connectivity index (χ2v) is 5.67. The van der Waals surface area contributed by atoms with E-state index in [1.807, 2.05) is 18.2 Å². The molecule has 3 nitrogen and oxygen atoms in total. The first kappa shape index (κ1) is 14.6. The van der Waals surface area contributed by atoms with Gasteiger partial charge in [0.15, 0.2) is 0 Å². The summed E-state index contributed by atoms with van der Waals surface area (Å²) in [6.45, 7) is 2.08. The monoisotopic (exact) mass is 283 g/mol. The van der Waals surface area contributed by atoms with Gasteiger partial charge < -0.3 is 15.2 Å². The number of rotatable bonds is 4. The highest BCUT2D eigenvalue weighted by atomic mass is 35.5. The van der Waals surface area contributed by atoms with Gasteiger partial charge in [-0.1, -0.05) is 24.4 Å². The van der Waals surface area contributed by atoms with E-state index in [9.17, 15) is 5.11 Å². The van der Waals surface area contributed by atoms with Crippen molar-refractivity contribution in [1.29, 1.82) is 0 Å². The molecule has 4 heteroatoms. The van der Waals surface area contributed by atoms with Gasteiger partial charge >= 0.3 is 0 Å². The van der Waals surface area contributed by atoms with Crippen molar-refractivity contribution in [3.63, 3.8) is 0 Å². The normalized spacial score (nSPS) is 25.1. The summed E-state index contributed by atoms with van der Waals surface area (Å²) in [6.07, 6.45) is 3.95. The fourth-order valence-corrected chi connectivity index (χ4v) is 2.94. The largest absolute Gasteiger partial charge is 0.496 e. The molecule has 1 aliphatic rings. The molecule has 2 rings (SSSR count). The minimum Gasteiger partial charge on any atom is -0.496 e. The van der Waals surface area contributed by atoms with Gasteiger partial charge in [-0.05, 0) is 38.0 Å². The Bertz CT molecular complexity index is 425. The summed E-state index contributed by atoms with van der Waals surface area (Å²) < 4.78 is 5.38. The minimum atomic E-state index is -0.249. The van der Waals surface area contributed by atoms with Crippen molar-refractivity contribution >= 4 is 11.6 Å². The van der Waals surface area contributed by atoms with Gasteiger partial charge in [0, 0.05) is 22.7 Å². The molecule has 1 aromatic rings. The average Bonchev–Trinajstić information content (AvgIpc) is 2.41. The van der Waals surface area contributed by atoms with Crippen LogP contribution in [0, 0.1) is 0 Å². The summed E-state index contributed by atoms with van der Waals surface area (Å²) in [4.78, 5) is 0. The molecule has 0 aliphatic heterocycles. The molecule has 106 valence electrons. The van der Waals surface area contributed by atoms with Gasteiger partial charge in [0.05, 0.1) is 13.2 Å². The van der Waals surface area contributed by atoms with E-state index in [1.165, 1.54) is 6.42 Å². The van der Waals surface area contributed by atoms with Gasteiger partial charge in [0.1, 0.15) is 5.75 Å². The van der Waals surface area contributed by atoms with E-state index in [4.69, 9.17) is 16.3 Å². The molecule has 1 aliphatic carbocycles. The molecule has 19 heavy (non-hydrogen) atoms. The number of hydrogen-bond donors (Lipinski definition) is 2. The van der Waals surface area contributed by atoms with Crippen LogP contribution in [0.25, 0.3) is 0 Å². The quantitative estimate of drug-likeness (QED) is 0.891. The Balaban J connectivity index is 2.10. The number of aliphatic hydroxyl groups is 1. The fraction of sp³-hybridized carbons (Fsp3) is 0.600. The SMILES string of the molecule is COc1ccc(Cl)cc1C(C)NC1CCCCC1O. The smallest absolute Gasteiger partial charge is 0.123 e. The molecule has 1 fully saturated rings. The maximum absolute atomic E-state index is 10.0. The highest BCUT2D eigenvalue weighted by Gasteiger charge is 2.25. The fourth-order valence-electron chi connectivity index (χ4n) is 2.76. The zero-order valence-corrected chi connectivity index (χ0v) is 12.3. The van der Waals surface area contributed by atoms with Crippen molar-refractivity contribution < 1.29 is 9.84 Å². The molecule has 0 amide bonds. The zero-order chi connectivity index (χ0) is 13.8. The summed E-state index contributed by atoms with van der Waals surface area (Å²) in [5, 5.41) is 14.2. The molecule has 0 heterocycles. The van der Waals surface area contributed by atoms with E-state index in [1.54, 1.807) is 7.11 Å². The van der Waals surface area contributed by atoms with Crippen LogP contribution in [0.4, 0.5) is 0 Å². The van der Waals surface area contributed by atoms with E-state index in [2.05, 4.69) is 12.2 Å². The third-order valence-electron chi connectivity index (χ3n) is 3.85. The van der Waals surface area contributed by atoms with E-state index in [0.29, 0.717) is 5.02 Å². The lowest BCUT2D eigenvalue weighted by Gasteiger charge is -2.31. The van der Waals surface area contributed by atoms with Crippen molar-refractivity contribution in [3.05, 3.63) is 28.8 Å². The molecule has 1 aromatic carbocycles. The van der Waals surface area contributed by atoms with Crippen LogP contribution in [0.1, 0.15) is 44.2 Å². The van der Waals surface area contributed by atoms with Crippen LogP contribution in [-0.4, -0.2) is 24.4 Å². The minimum absolute atomic E-state index is 0.103. The van der Waals surface area contributed by atoms with Gasteiger partial charge in [-0.25, -0.2) is 0 Å². The molecule has 3 atom stereocenters. The van der Waals surface area contributed by atoms with Gasteiger partial charge in [-0.15, -0.1) is 0 Å². The van der Waals surface area contributed by atoms with Crippen LogP contribution in [0.5, 0.6) is 5.75 Å². The van der Waals surface area contributed by atoms with Crippen LogP contribution in [-0.2, 0) is 0 Å². The van der Waals surface area contributed by atoms with Crippen LogP contribution in [0.3, 0.4) is 0 Å². The van der Waals surface area contributed by atoms with Crippen LogP contribution in [0.15, 0.2) is 18.2 Å². The average molecular weight is 284 g/mol. The Labute approximate surface area is 119 Å². The predicted molar refractivity (Wildman–Crippen MR) is 77.8 cm³/mol. The maximum Gasteiger partial charge on any atom is 0.123 e. The van der Waals surface area contributed by atoms with Crippen molar-refractivity contribution in [1.82, 2.24) is 5.32 Å². The van der Waals surface area contributed by atoms with Crippen LogP contribution in [0.2, 0.25) is 5.02 Å². The first-order valence-corrected chi connectivity index (χ1v) is 7.27. The van der Waals surface area contributed by atoms with Gasteiger partial charge in [-0.2, -0.15) is 0 Å². The number of aliphatic hydroxyl groups excluding tert-OH is 1. The van der Waals surface area contributed by atoms with E-state index >= 15 is 0 Å². The summed E-state index contributed by atoms with van der Waals surface area (Å²) in [5.41, 5.74) is 1.03. The van der Waals surface area contributed by atoms with Gasteiger partial charge in [-0.3, -0.25) is 0 Å². The molecule has 0 spiro atoms. The Morgan fingerprint density at radius 3 is 2.79 bits per heavy atom. The Morgan fingerprint density at radius 1 is 1.37 bits per heavy atom. The summed E-state index contributed by atoms with van der Waals surface area (Å²) in [6, 6.07) is 5.89. The second kappa shape index (κ2) is 6.60. The first-order valence-electron chi connectivity index (χ1n) is 6.89. The number of ether oxygens (including phenoxy) is 1. The van der Waals surface area contributed by atoms with Crippen molar-refractivity contribution in [2.45, 2.75) is 50.8 Å². The number of benzene rings is 1. The standard InChI is InChI=1S/C15H22ClNO2/c1-10(17-13-5-3-4-6-14(13)18)12-9-11(16)7-8-15(12)19-2/h7-10,13-14,17-18H,3-6H2,1-2H3. The molecule has 0 saturated heterocycles. The molecule has 3 unspecified atom stereocenters. The third-order valence-corrected chi connectivity index (χ3v) is 4.09. The second-order valence-electron chi connectivity index (χ2n) is 5.23. The number of nitrogens with one attached hydrogen (secondary N) is 1. The van der Waals surface area contributed by atoms with Crippen molar-refractivity contribution in [2.24, 2.45) is 0 Å². The Kier molecular flexibility index (Phi) is 5.08. The Hall–Kier alpha value is -0.770. The number of halogens is 1.